The highest BCUT2D eigenvalue weighted by atomic mass is 32.2. The van der Waals surface area contributed by atoms with Gasteiger partial charge < -0.3 is 4.57 Å². The van der Waals surface area contributed by atoms with Crippen LogP contribution in [-0.2, 0) is 16.6 Å². The van der Waals surface area contributed by atoms with E-state index in [4.69, 9.17) is 0 Å². The summed E-state index contributed by atoms with van der Waals surface area (Å²) < 4.78 is 29.5. The zero-order chi connectivity index (χ0) is 17.6. The molecule has 0 N–H and O–H groups in total. The summed E-state index contributed by atoms with van der Waals surface area (Å²) in [5.41, 5.74) is 2.29. The molecule has 0 aliphatic carbocycles. The average molecular weight is 349 g/mol. The summed E-state index contributed by atoms with van der Waals surface area (Å²) in [6, 6.07) is 7.64. The van der Waals surface area contributed by atoms with Crippen LogP contribution in [0.1, 0.15) is 29.9 Å². The molecule has 0 radical (unpaired) electrons. The minimum atomic E-state index is -3.80. The highest BCUT2D eigenvalue weighted by Gasteiger charge is 2.35. The first-order valence-corrected chi connectivity index (χ1v) is 9.10. The summed E-state index contributed by atoms with van der Waals surface area (Å²) in [7, 11) is -3.80. The van der Waals surface area contributed by atoms with Gasteiger partial charge in [0.1, 0.15) is 0 Å². The maximum absolute atomic E-state index is 13.0. The van der Waals surface area contributed by atoms with Gasteiger partial charge in [0.15, 0.2) is 0 Å². The summed E-state index contributed by atoms with van der Waals surface area (Å²) >= 11 is 0. The molecule has 3 rings (SSSR count). The number of hydrogen-bond donors (Lipinski definition) is 0. The van der Waals surface area contributed by atoms with Crippen molar-refractivity contribution in [1.29, 1.82) is 0 Å². The number of nitro benzene ring substituents is 1. The van der Waals surface area contributed by atoms with Crippen LogP contribution >= 0.6 is 0 Å². The second-order valence-corrected chi connectivity index (χ2v) is 7.94. The van der Waals surface area contributed by atoms with E-state index >= 15 is 0 Å². The Bertz CT molecular complexity index is 917. The van der Waals surface area contributed by atoms with Gasteiger partial charge in [-0.05, 0) is 39.0 Å². The van der Waals surface area contributed by atoms with Crippen LogP contribution < -0.4 is 0 Å². The largest absolute Gasteiger partial charge is 0.346 e. The Labute approximate surface area is 140 Å². The topological polar surface area (TPSA) is 85.5 Å². The minimum absolute atomic E-state index is 0.0385. The molecule has 0 saturated carbocycles. The average Bonchev–Trinajstić information content (AvgIpc) is 2.89. The molecule has 2 aromatic rings. The standard InChI is InChI=1S/C16H19N3O4S/c1-11-4-6-14(10-16(11)19(20)21)24(22,23)18-9-8-17-12(2)5-7-15(17)13(18)3/h4-7,10,13H,8-9H2,1-3H3/t13-/m0/s1. The van der Waals surface area contributed by atoms with Crippen LogP contribution in [-0.4, -0.2) is 28.8 Å². The van der Waals surface area contributed by atoms with Crippen molar-refractivity contribution in [2.45, 2.75) is 38.3 Å². The third-order valence-electron chi connectivity index (χ3n) is 4.62. The molecule has 8 heteroatoms. The lowest BCUT2D eigenvalue weighted by molar-refractivity contribution is -0.385. The third-order valence-corrected chi connectivity index (χ3v) is 6.59. The summed E-state index contributed by atoms with van der Waals surface area (Å²) in [4.78, 5) is 10.5. The lowest BCUT2D eigenvalue weighted by Crippen LogP contribution is -2.41. The van der Waals surface area contributed by atoms with E-state index in [2.05, 4.69) is 4.57 Å². The van der Waals surface area contributed by atoms with Gasteiger partial charge in [-0.25, -0.2) is 8.42 Å². The predicted octanol–water partition coefficient (Wildman–Crippen LogP) is 2.78. The van der Waals surface area contributed by atoms with E-state index in [-0.39, 0.29) is 16.6 Å². The number of aromatic nitrogens is 1. The molecule has 1 aromatic heterocycles. The molecule has 2 heterocycles. The Morgan fingerprint density at radius 2 is 1.88 bits per heavy atom. The zero-order valence-electron chi connectivity index (χ0n) is 13.8. The lowest BCUT2D eigenvalue weighted by atomic mass is 10.2. The Kier molecular flexibility index (Phi) is 3.97. The van der Waals surface area contributed by atoms with Crippen LogP contribution in [0.25, 0.3) is 0 Å². The summed E-state index contributed by atoms with van der Waals surface area (Å²) in [6.07, 6.45) is 0. The van der Waals surface area contributed by atoms with E-state index in [0.717, 1.165) is 17.5 Å². The van der Waals surface area contributed by atoms with E-state index in [1.165, 1.54) is 16.4 Å². The van der Waals surface area contributed by atoms with Gasteiger partial charge in [0.2, 0.25) is 10.0 Å². The molecule has 1 aliphatic rings. The normalized spacial score (nSPS) is 18.4. The molecule has 0 amide bonds. The van der Waals surface area contributed by atoms with E-state index in [1.54, 1.807) is 6.92 Å². The van der Waals surface area contributed by atoms with E-state index in [0.29, 0.717) is 18.7 Å². The molecule has 0 bridgehead atoms. The third kappa shape index (κ3) is 2.51. The van der Waals surface area contributed by atoms with Gasteiger partial charge in [0.05, 0.1) is 15.9 Å². The van der Waals surface area contributed by atoms with Crippen LogP contribution in [0, 0.1) is 24.0 Å². The Morgan fingerprint density at radius 3 is 2.54 bits per heavy atom. The number of benzene rings is 1. The number of hydrogen-bond acceptors (Lipinski definition) is 4. The Balaban J connectivity index is 2.03. The van der Waals surface area contributed by atoms with Crippen LogP contribution in [0.5, 0.6) is 0 Å². The molecule has 128 valence electrons. The Morgan fingerprint density at radius 1 is 1.17 bits per heavy atom. The first-order valence-electron chi connectivity index (χ1n) is 7.66. The van der Waals surface area contributed by atoms with E-state index in [9.17, 15) is 18.5 Å². The predicted molar refractivity (Wildman–Crippen MR) is 89.3 cm³/mol. The quantitative estimate of drug-likeness (QED) is 0.630. The van der Waals surface area contributed by atoms with E-state index < -0.39 is 14.9 Å². The fourth-order valence-electron chi connectivity index (χ4n) is 3.21. The molecule has 0 fully saturated rings. The van der Waals surface area contributed by atoms with Gasteiger partial charge in [-0.3, -0.25) is 10.1 Å². The van der Waals surface area contributed by atoms with Crippen molar-refractivity contribution in [1.82, 2.24) is 8.87 Å². The minimum Gasteiger partial charge on any atom is -0.346 e. The second kappa shape index (κ2) is 5.71. The van der Waals surface area contributed by atoms with Crippen LogP contribution in [0.15, 0.2) is 35.2 Å². The molecule has 1 aromatic carbocycles. The van der Waals surface area contributed by atoms with Gasteiger partial charge in [0.25, 0.3) is 5.69 Å². The van der Waals surface area contributed by atoms with Crippen LogP contribution in [0.4, 0.5) is 5.69 Å². The van der Waals surface area contributed by atoms with Crippen molar-refractivity contribution in [3.63, 3.8) is 0 Å². The van der Waals surface area contributed by atoms with Gasteiger partial charge >= 0.3 is 0 Å². The molecular weight excluding hydrogens is 330 g/mol. The molecule has 0 unspecified atom stereocenters. The SMILES string of the molecule is Cc1ccc(S(=O)(=O)N2CCn3c(C)ccc3[C@@H]2C)cc1[N+](=O)[O-]. The summed E-state index contributed by atoms with van der Waals surface area (Å²) in [5.74, 6) is 0. The number of rotatable bonds is 3. The van der Waals surface area contributed by atoms with Gasteiger partial charge in [-0.1, -0.05) is 6.07 Å². The first kappa shape index (κ1) is 16.7. The summed E-state index contributed by atoms with van der Waals surface area (Å²) in [5, 5.41) is 11.1. The van der Waals surface area contributed by atoms with Crippen molar-refractivity contribution in [2.24, 2.45) is 0 Å². The number of fused-ring (bicyclic) bond motifs is 1. The number of sulfonamides is 1. The maximum atomic E-state index is 13.0. The molecule has 1 atom stereocenters. The Hall–Kier alpha value is -2.19. The van der Waals surface area contributed by atoms with Gasteiger partial charge in [-0.15, -0.1) is 0 Å². The fourth-order valence-corrected chi connectivity index (χ4v) is 4.83. The first-order chi connectivity index (χ1) is 11.2. The van der Waals surface area contributed by atoms with Crippen molar-refractivity contribution in [3.05, 3.63) is 57.4 Å². The van der Waals surface area contributed by atoms with Crippen molar-refractivity contribution >= 4 is 15.7 Å². The number of nitro groups is 1. The molecule has 1 aliphatic heterocycles. The lowest BCUT2D eigenvalue weighted by Gasteiger charge is -2.34. The van der Waals surface area contributed by atoms with Gasteiger partial charge in [0, 0.05) is 36.1 Å². The zero-order valence-corrected chi connectivity index (χ0v) is 14.6. The molecule has 0 spiro atoms. The molecule has 24 heavy (non-hydrogen) atoms. The van der Waals surface area contributed by atoms with Crippen LogP contribution in [0.2, 0.25) is 0 Å². The number of nitrogens with zero attached hydrogens (tertiary/aromatic N) is 3. The van der Waals surface area contributed by atoms with Crippen molar-refractivity contribution < 1.29 is 13.3 Å². The highest BCUT2D eigenvalue weighted by molar-refractivity contribution is 7.89. The van der Waals surface area contributed by atoms with Crippen molar-refractivity contribution in [2.75, 3.05) is 6.54 Å². The van der Waals surface area contributed by atoms with Crippen molar-refractivity contribution in [3.8, 4) is 0 Å². The monoisotopic (exact) mass is 349 g/mol. The smallest absolute Gasteiger partial charge is 0.273 e. The second-order valence-electron chi connectivity index (χ2n) is 6.05. The highest BCUT2D eigenvalue weighted by Crippen LogP contribution is 2.33. The molecule has 0 saturated heterocycles. The summed E-state index contributed by atoms with van der Waals surface area (Å²) in [6.45, 7) is 6.33. The molecule has 7 nitrogen and oxygen atoms in total. The van der Waals surface area contributed by atoms with E-state index in [1.807, 2.05) is 26.0 Å². The number of aryl methyl sites for hydroxylation is 2. The van der Waals surface area contributed by atoms with Crippen LogP contribution in [0.3, 0.4) is 0 Å². The fraction of sp³-hybridized carbons (Fsp3) is 0.375. The maximum Gasteiger partial charge on any atom is 0.273 e. The molecular formula is C16H19N3O4S. The van der Waals surface area contributed by atoms with Gasteiger partial charge in [-0.2, -0.15) is 4.31 Å².